The number of piperidine rings is 2. The summed E-state index contributed by atoms with van der Waals surface area (Å²) in [4.78, 5) is 17.3. The Bertz CT molecular complexity index is 580. The molecule has 0 radical (unpaired) electrons. The van der Waals surface area contributed by atoms with E-state index < -0.39 is 0 Å². The van der Waals surface area contributed by atoms with Crippen LogP contribution in [0.1, 0.15) is 17.3 Å². The van der Waals surface area contributed by atoms with Crippen molar-refractivity contribution in [2.24, 2.45) is 11.8 Å². The minimum Gasteiger partial charge on any atom is -0.458 e. The number of fused-ring (bicyclic) bond motifs is 2. The minimum atomic E-state index is -0.346. The van der Waals surface area contributed by atoms with Gasteiger partial charge in [-0.25, -0.2) is 4.79 Å². The van der Waals surface area contributed by atoms with Crippen LogP contribution < -0.4 is 0 Å². The van der Waals surface area contributed by atoms with Crippen molar-refractivity contribution in [3.63, 3.8) is 0 Å². The first-order chi connectivity index (χ1) is 11.0. The molecule has 2 saturated heterocycles. The zero-order valence-corrected chi connectivity index (χ0v) is 15.0. The molecule has 2 heterocycles. The molecule has 2 aliphatic rings. The lowest BCUT2D eigenvalue weighted by molar-refractivity contribution is -0.0831. The summed E-state index contributed by atoms with van der Waals surface area (Å²) in [5.41, 5.74) is 0.389. The van der Waals surface area contributed by atoms with E-state index in [-0.39, 0.29) is 12.1 Å². The molecule has 2 aliphatic heterocycles. The standard InChI is InChI=1S/C17H22Cl2N2O2/c1-3-21-9-11-7-20(2)8-12(10-21)16(11)23-17(22)14-5-4-13(18)6-15(14)19/h4-6,11-12,16H,3,7-10H2,1-2H3. The van der Waals surface area contributed by atoms with Crippen LogP contribution in [-0.2, 0) is 4.74 Å². The smallest absolute Gasteiger partial charge is 0.339 e. The van der Waals surface area contributed by atoms with Crippen LogP contribution in [-0.4, -0.2) is 61.6 Å². The second-order valence-electron chi connectivity index (χ2n) is 6.59. The van der Waals surface area contributed by atoms with Crippen LogP contribution in [0.5, 0.6) is 0 Å². The van der Waals surface area contributed by atoms with Crippen molar-refractivity contribution in [3.05, 3.63) is 33.8 Å². The number of ether oxygens (including phenoxy) is 1. The summed E-state index contributed by atoms with van der Waals surface area (Å²) >= 11 is 12.0. The van der Waals surface area contributed by atoms with Gasteiger partial charge in [0.25, 0.3) is 0 Å². The summed E-state index contributed by atoms with van der Waals surface area (Å²) in [5, 5.41) is 0.858. The number of carbonyl (C=O) groups is 1. The number of rotatable bonds is 3. The molecule has 0 spiro atoms. The van der Waals surface area contributed by atoms with E-state index in [1.807, 2.05) is 0 Å². The highest BCUT2D eigenvalue weighted by Gasteiger charge is 2.43. The third kappa shape index (κ3) is 3.66. The maximum atomic E-state index is 12.5. The second-order valence-corrected chi connectivity index (χ2v) is 7.43. The quantitative estimate of drug-likeness (QED) is 0.779. The first-order valence-electron chi connectivity index (χ1n) is 8.05. The van der Waals surface area contributed by atoms with Gasteiger partial charge in [-0.15, -0.1) is 0 Å². The lowest BCUT2D eigenvalue weighted by atomic mass is 9.81. The van der Waals surface area contributed by atoms with Gasteiger partial charge < -0.3 is 14.5 Å². The van der Waals surface area contributed by atoms with E-state index in [9.17, 15) is 4.79 Å². The van der Waals surface area contributed by atoms with E-state index in [2.05, 4.69) is 23.8 Å². The number of halogens is 2. The Morgan fingerprint density at radius 2 is 1.87 bits per heavy atom. The van der Waals surface area contributed by atoms with Gasteiger partial charge in [-0.1, -0.05) is 30.1 Å². The number of esters is 1. The number of benzene rings is 1. The molecule has 3 rings (SSSR count). The van der Waals surface area contributed by atoms with Gasteiger partial charge >= 0.3 is 5.97 Å². The Labute approximate surface area is 147 Å². The number of hydrogen-bond donors (Lipinski definition) is 0. The molecule has 0 amide bonds. The van der Waals surface area contributed by atoms with Gasteiger partial charge in [-0.3, -0.25) is 0 Å². The van der Waals surface area contributed by atoms with E-state index in [0.717, 1.165) is 32.7 Å². The Morgan fingerprint density at radius 1 is 1.22 bits per heavy atom. The largest absolute Gasteiger partial charge is 0.458 e. The maximum Gasteiger partial charge on any atom is 0.339 e. The fourth-order valence-corrected chi connectivity index (χ4v) is 4.31. The molecule has 1 aromatic carbocycles. The van der Waals surface area contributed by atoms with Crippen LogP contribution in [0.3, 0.4) is 0 Å². The zero-order valence-electron chi connectivity index (χ0n) is 13.5. The molecule has 0 aliphatic carbocycles. The van der Waals surface area contributed by atoms with Crippen molar-refractivity contribution < 1.29 is 9.53 Å². The molecule has 2 unspecified atom stereocenters. The van der Waals surface area contributed by atoms with Crippen molar-refractivity contribution in [3.8, 4) is 0 Å². The summed E-state index contributed by atoms with van der Waals surface area (Å²) in [7, 11) is 2.13. The molecule has 1 aromatic rings. The van der Waals surface area contributed by atoms with Crippen LogP contribution in [0.15, 0.2) is 18.2 Å². The SMILES string of the molecule is CCN1CC2CN(C)CC(C1)C2OC(=O)c1ccc(Cl)cc1Cl. The van der Waals surface area contributed by atoms with Crippen molar-refractivity contribution in [2.45, 2.75) is 13.0 Å². The Kier molecular flexibility index (Phi) is 5.16. The van der Waals surface area contributed by atoms with Gasteiger partial charge in [-0.2, -0.15) is 0 Å². The predicted octanol–water partition coefficient (Wildman–Crippen LogP) is 3.03. The molecular weight excluding hydrogens is 335 g/mol. The third-order valence-electron chi connectivity index (χ3n) is 4.85. The predicted molar refractivity (Wildman–Crippen MR) is 92.3 cm³/mol. The second kappa shape index (κ2) is 6.98. The molecule has 0 aromatic heterocycles. The van der Waals surface area contributed by atoms with E-state index >= 15 is 0 Å². The lowest BCUT2D eigenvalue weighted by Gasteiger charge is -2.49. The molecule has 126 valence electrons. The number of nitrogens with zero attached hydrogens (tertiary/aromatic N) is 2. The van der Waals surface area contributed by atoms with Gasteiger partial charge in [-0.05, 0) is 31.8 Å². The maximum absolute atomic E-state index is 12.5. The monoisotopic (exact) mass is 356 g/mol. The van der Waals surface area contributed by atoms with E-state index in [0.29, 0.717) is 27.4 Å². The first kappa shape index (κ1) is 17.0. The topological polar surface area (TPSA) is 32.8 Å². The Morgan fingerprint density at radius 3 is 2.43 bits per heavy atom. The zero-order chi connectivity index (χ0) is 16.6. The molecule has 2 bridgehead atoms. The number of likely N-dealkylation sites (tertiary alicyclic amines) is 2. The summed E-state index contributed by atoms with van der Waals surface area (Å²) in [6.07, 6.45) is -0.0340. The van der Waals surface area contributed by atoms with Crippen molar-refractivity contribution in [1.82, 2.24) is 9.80 Å². The van der Waals surface area contributed by atoms with Crippen molar-refractivity contribution in [2.75, 3.05) is 39.8 Å². The van der Waals surface area contributed by atoms with Crippen LogP contribution in [0.4, 0.5) is 0 Å². The molecule has 2 fully saturated rings. The van der Waals surface area contributed by atoms with Gasteiger partial charge in [0.1, 0.15) is 6.10 Å². The van der Waals surface area contributed by atoms with E-state index in [1.165, 1.54) is 0 Å². The fraction of sp³-hybridized carbons (Fsp3) is 0.588. The van der Waals surface area contributed by atoms with E-state index in [4.69, 9.17) is 27.9 Å². The van der Waals surface area contributed by atoms with Crippen LogP contribution in [0.25, 0.3) is 0 Å². The van der Waals surface area contributed by atoms with Gasteiger partial charge in [0, 0.05) is 43.0 Å². The minimum absolute atomic E-state index is 0.0340. The Balaban J connectivity index is 1.75. The number of hydrogen-bond acceptors (Lipinski definition) is 4. The highest BCUT2D eigenvalue weighted by molar-refractivity contribution is 6.36. The normalized spacial score (nSPS) is 28.6. The molecule has 4 nitrogen and oxygen atoms in total. The summed E-state index contributed by atoms with van der Waals surface area (Å²) in [6, 6.07) is 4.88. The number of carbonyl (C=O) groups excluding carboxylic acids is 1. The van der Waals surface area contributed by atoms with Gasteiger partial charge in [0.2, 0.25) is 0 Å². The van der Waals surface area contributed by atoms with Crippen LogP contribution in [0, 0.1) is 11.8 Å². The summed E-state index contributed by atoms with van der Waals surface area (Å²) in [6.45, 7) is 7.09. The highest BCUT2D eigenvalue weighted by Crippen LogP contribution is 2.32. The molecule has 23 heavy (non-hydrogen) atoms. The van der Waals surface area contributed by atoms with Crippen LogP contribution >= 0.6 is 23.2 Å². The molecule has 0 saturated carbocycles. The summed E-state index contributed by atoms with van der Waals surface area (Å²) < 4.78 is 5.89. The summed E-state index contributed by atoms with van der Waals surface area (Å²) in [5.74, 6) is 0.353. The first-order valence-corrected chi connectivity index (χ1v) is 8.80. The Hall–Kier alpha value is -0.810. The third-order valence-corrected chi connectivity index (χ3v) is 5.40. The average molecular weight is 357 g/mol. The van der Waals surface area contributed by atoms with Crippen LogP contribution in [0.2, 0.25) is 10.0 Å². The van der Waals surface area contributed by atoms with Gasteiger partial charge in [0.05, 0.1) is 10.6 Å². The fourth-order valence-electron chi connectivity index (χ4n) is 3.82. The molecule has 0 N–H and O–H groups in total. The lowest BCUT2D eigenvalue weighted by Crippen LogP contribution is -2.60. The highest BCUT2D eigenvalue weighted by atomic mass is 35.5. The van der Waals surface area contributed by atoms with Crippen molar-refractivity contribution >= 4 is 29.2 Å². The average Bonchev–Trinajstić information content (AvgIpc) is 2.47. The van der Waals surface area contributed by atoms with Crippen molar-refractivity contribution in [1.29, 1.82) is 0 Å². The molecule has 6 heteroatoms. The van der Waals surface area contributed by atoms with Gasteiger partial charge in [0.15, 0.2) is 0 Å². The molecule has 2 atom stereocenters. The van der Waals surface area contributed by atoms with E-state index in [1.54, 1.807) is 18.2 Å². The molecular formula is C17H22Cl2N2O2.